The van der Waals surface area contributed by atoms with E-state index in [1.165, 1.54) is 6.07 Å². The zero-order valence-corrected chi connectivity index (χ0v) is 13.6. The van der Waals surface area contributed by atoms with Crippen molar-refractivity contribution in [3.63, 3.8) is 0 Å². The minimum absolute atomic E-state index is 0.0903. The van der Waals surface area contributed by atoms with Gasteiger partial charge in [-0.1, -0.05) is 6.07 Å². The first-order valence-corrected chi connectivity index (χ1v) is 7.59. The standard InChI is InChI=1S/C17H27FN2O/c1-16(2,3)19-11-17(8-9-21-13-17)12-20(4)15-7-5-6-14(18)10-15/h5-7,10,19H,8-9,11-13H2,1-4H3. The molecule has 0 saturated carbocycles. The SMILES string of the molecule is CN(CC1(CNC(C)(C)C)CCOC1)c1cccc(F)c1. The molecule has 1 aromatic carbocycles. The van der Waals surface area contributed by atoms with Crippen LogP contribution >= 0.6 is 0 Å². The molecule has 1 N–H and O–H groups in total. The first kappa shape index (κ1) is 16.2. The van der Waals surface area contributed by atoms with Crippen molar-refractivity contribution in [2.75, 3.05) is 38.3 Å². The van der Waals surface area contributed by atoms with Crippen LogP contribution in [0, 0.1) is 11.2 Å². The average Bonchev–Trinajstić information content (AvgIpc) is 2.85. The summed E-state index contributed by atoms with van der Waals surface area (Å²) in [6.45, 7) is 9.86. The van der Waals surface area contributed by atoms with Gasteiger partial charge in [0, 0.05) is 43.4 Å². The van der Waals surface area contributed by atoms with Crippen LogP contribution < -0.4 is 10.2 Å². The van der Waals surface area contributed by atoms with Gasteiger partial charge in [-0.05, 0) is 45.4 Å². The van der Waals surface area contributed by atoms with E-state index in [0.717, 1.165) is 38.4 Å². The molecule has 21 heavy (non-hydrogen) atoms. The number of hydrogen-bond acceptors (Lipinski definition) is 3. The Kier molecular flexibility index (Phi) is 4.89. The molecule has 0 aliphatic carbocycles. The number of rotatable bonds is 5. The third kappa shape index (κ3) is 4.68. The molecule has 4 heteroatoms. The number of anilines is 1. The van der Waals surface area contributed by atoms with Crippen molar-refractivity contribution >= 4 is 5.69 Å². The van der Waals surface area contributed by atoms with Crippen LogP contribution in [0.25, 0.3) is 0 Å². The van der Waals surface area contributed by atoms with Crippen molar-refractivity contribution in [2.24, 2.45) is 5.41 Å². The Labute approximate surface area is 127 Å². The van der Waals surface area contributed by atoms with Crippen molar-refractivity contribution < 1.29 is 9.13 Å². The van der Waals surface area contributed by atoms with E-state index in [1.807, 2.05) is 13.1 Å². The third-order valence-electron chi connectivity index (χ3n) is 4.00. The minimum Gasteiger partial charge on any atom is -0.381 e. The van der Waals surface area contributed by atoms with Crippen LogP contribution in [0.2, 0.25) is 0 Å². The van der Waals surface area contributed by atoms with E-state index in [0.29, 0.717) is 0 Å². The summed E-state index contributed by atoms with van der Waals surface area (Å²) in [6.07, 6.45) is 1.04. The Balaban J connectivity index is 2.05. The monoisotopic (exact) mass is 294 g/mol. The molecule has 1 aliphatic rings. The lowest BCUT2D eigenvalue weighted by atomic mass is 9.85. The molecule has 1 aliphatic heterocycles. The molecule has 0 spiro atoms. The van der Waals surface area contributed by atoms with Gasteiger partial charge in [0.2, 0.25) is 0 Å². The highest BCUT2D eigenvalue weighted by molar-refractivity contribution is 5.45. The highest BCUT2D eigenvalue weighted by Crippen LogP contribution is 2.31. The van der Waals surface area contributed by atoms with Crippen LogP contribution in [0.1, 0.15) is 27.2 Å². The summed E-state index contributed by atoms with van der Waals surface area (Å²) in [5.41, 5.74) is 1.10. The average molecular weight is 294 g/mol. The lowest BCUT2D eigenvalue weighted by Crippen LogP contribution is -2.48. The molecule has 1 unspecified atom stereocenters. The molecule has 118 valence electrons. The van der Waals surface area contributed by atoms with E-state index in [-0.39, 0.29) is 16.8 Å². The molecular formula is C17H27FN2O. The van der Waals surface area contributed by atoms with Gasteiger partial charge >= 0.3 is 0 Å². The summed E-state index contributed by atoms with van der Waals surface area (Å²) < 4.78 is 19.0. The van der Waals surface area contributed by atoms with E-state index in [1.54, 1.807) is 12.1 Å². The summed E-state index contributed by atoms with van der Waals surface area (Å²) in [5.74, 6) is -0.191. The van der Waals surface area contributed by atoms with Gasteiger partial charge < -0.3 is 15.0 Å². The molecule has 2 rings (SSSR count). The number of nitrogens with one attached hydrogen (secondary N) is 1. The van der Waals surface area contributed by atoms with E-state index >= 15 is 0 Å². The molecule has 1 fully saturated rings. The van der Waals surface area contributed by atoms with Crippen molar-refractivity contribution in [3.05, 3.63) is 30.1 Å². The summed E-state index contributed by atoms with van der Waals surface area (Å²) in [6, 6.07) is 6.77. The molecule has 0 bridgehead atoms. The Morgan fingerprint density at radius 3 is 2.71 bits per heavy atom. The highest BCUT2D eigenvalue weighted by Gasteiger charge is 2.36. The Morgan fingerprint density at radius 1 is 1.38 bits per heavy atom. The molecule has 1 saturated heterocycles. The van der Waals surface area contributed by atoms with E-state index in [4.69, 9.17) is 4.74 Å². The predicted octanol–water partition coefficient (Wildman–Crippen LogP) is 3.06. The molecule has 1 aromatic rings. The fourth-order valence-corrected chi connectivity index (χ4v) is 2.73. The maximum atomic E-state index is 13.4. The fourth-order valence-electron chi connectivity index (χ4n) is 2.73. The van der Waals surface area contributed by atoms with Gasteiger partial charge in [0.25, 0.3) is 0 Å². The fraction of sp³-hybridized carbons (Fsp3) is 0.647. The summed E-state index contributed by atoms with van der Waals surface area (Å²) in [7, 11) is 2.02. The van der Waals surface area contributed by atoms with Gasteiger partial charge in [0.1, 0.15) is 5.82 Å². The number of ether oxygens (including phenoxy) is 1. The van der Waals surface area contributed by atoms with Gasteiger partial charge in [-0.2, -0.15) is 0 Å². The molecular weight excluding hydrogens is 267 g/mol. The van der Waals surface area contributed by atoms with Gasteiger partial charge in [-0.25, -0.2) is 4.39 Å². The number of hydrogen-bond donors (Lipinski definition) is 1. The third-order valence-corrected chi connectivity index (χ3v) is 4.00. The normalized spacial score (nSPS) is 22.5. The second-order valence-electron chi connectivity index (χ2n) is 7.24. The van der Waals surface area contributed by atoms with Crippen molar-refractivity contribution in [3.8, 4) is 0 Å². The maximum absolute atomic E-state index is 13.4. The van der Waals surface area contributed by atoms with E-state index < -0.39 is 0 Å². The topological polar surface area (TPSA) is 24.5 Å². The Hall–Kier alpha value is -1.13. The second kappa shape index (κ2) is 6.32. The van der Waals surface area contributed by atoms with Crippen LogP contribution in [0.4, 0.5) is 10.1 Å². The number of halogens is 1. The second-order valence-corrected chi connectivity index (χ2v) is 7.24. The zero-order chi connectivity index (χ0) is 15.5. The van der Waals surface area contributed by atoms with Gasteiger partial charge in [0.15, 0.2) is 0 Å². The molecule has 0 amide bonds. The quantitative estimate of drug-likeness (QED) is 0.903. The summed E-state index contributed by atoms with van der Waals surface area (Å²) >= 11 is 0. The summed E-state index contributed by atoms with van der Waals surface area (Å²) in [5, 5.41) is 3.59. The van der Waals surface area contributed by atoms with Crippen molar-refractivity contribution in [2.45, 2.75) is 32.7 Å². The van der Waals surface area contributed by atoms with Crippen LogP contribution in [0.5, 0.6) is 0 Å². The largest absolute Gasteiger partial charge is 0.381 e. The van der Waals surface area contributed by atoms with Crippen LogP contribution in [-0.2, 0) is 4.74 Å². The first-order chi connectivity index (χ1) is 9.80. The van der Waals surface area contributed by atoms with Gasteiger partial charge in [-0.15, -0.1) is 0 Å². The van der Waals surface area contributed by atoms with Crippen molar-refractivity contribution in [1.29, 1.82) is 0 Å². The number of nitrogens with zero attached hydrogens (tertiary/aromatic N) is 1. The molecule has 1 atom stereocenters. The van der Waals surface area contributed by atoms with Crippen LogP contribution in [-0.4, -0.2) is 38.9 Å². The van der Waals surface area contributed by atoms with Gasteiger partial charge in [-0.3, -0.25) is 0 Å². The van der Waals surface area contributed by atoms with E-state index in [9.17, 15) is 4.39 Å². The first-order valence-electron chi connectivity index (χ1n) is 7.59. The lowest BCUT2D eigenvalue weighted by molar-refractivity contribution is 0.147. The van der Waals surface area contributed by atoms with Gasteiger partial charge in [0.05, 0.1) is 6.61 Å². The highest BCUT2D eigenvalue weighted by atomic mass is 19.1. The van der Waals surface area contributed by atoms with E-state index in [2.05, 4.69) is 31.0 Å². The van der Waals surface area contributed by atoms with Crippen LogP contribution in [0.3, 0.4) is 0 Å². The Bertz CT molecular complexity index is 464. The van der Waals surface area contributed by atoms with Crippen LogP contribution in [0.15, 0.2) is 24.3 Å². The van der Waals surface area contributed by atoms with Crippen molar-refractivity contribution in [1.82, 2.24) is 5.32 Å². The molecule has 1 heterocycles. The predicted molar refractivity (Wildman–Crippen MR) is 85.3 cm³/mol. The number of benzene rings is 1. The molecule has 0 aromatic heterocycles. The molecule has 3 nitrogen and oxygen atoms in total. The smallest absolute Gasteiger partial charge is 0.125 e. The Morgan fingerprint density at radius 2 is 2.14 bits per heavy atom. The maximum Gasteiger partial charge on any atom is 0.125 e. The lowest BCUT2D eigenvalue weighted by Gasteiger charge is -2.36. The summed E-state index contributed by atoms with van der Waals surface area (Å²) in [4.78, 5) is 2.13. The zero-order valence-electron chi connectivity index (χ0n) is 13.6. The minimum atomic E-state index is -0.191. The molecule has 0 radical (unpaired) electrons.